The van der Waals surface area contributed by atoms with Gasteiger partial charge in [0.15, 0.2) is 5.54 Å². The predicted molar refractivity (Wildman–Crippen MR) is 94.7 cm³/mol. The number of carboxylic acid groups (broad SMARTS) is 1. The molecule has 1 aromatic carbocycles. The SMILES string of the molecule is CCOC(=O)Nc1ccc(F)c(C2(C)COS(=O)(=O)[N+]2(C(=O)[O-])C(C)(C)C)c1. The van der Waals surface area contributed by atoms with Gasteiger partial charge in [0.2, 0.25) is 0 Å². The van der Waals surface area contributed by atoms with Gasteiger partial charge in [0.1, 0.15) is 18.0 Å². The molecule has 0 saturated carbocycles. The van der Waals surface area contributed by atoms with E-state index < -0.39 is 49.9 Å². The zero-order valence-corrected chi connectivity index (χ0v) is 17.1. The Bertz CT molecular complexity index is 913. The van der Waals surface area contributed by atoms with Crippen molar-refractivity contribution < 1.29 is 40.3 Å². The van der Waals surface area contributed by atoms with Crippen LogP contribution < -0.4 is 10.4 Å². The van der Waals surface area contributed by atoms with E-state index in [9.17, 15) is 27.5 Å². The quantitative estimate of drug-likeness (QED) is 0.743. The summed E-state index contributed by atoms with van der Waals surface area (Å²) in [7, 11) is -4.73. The van der Waals surface area contributed by atoms with Crippen molar-refractivity contribution in [1.82, 2.24) is 0 Å². The van der Waals surface area contributed by atoms with Crippen LogP contribution in [0.15, 0.2) is 18.2 Å². The average Bonchev–Trinajstić information content (AvgIpc) is 2.76. The second-order valence-electron chi connectivity index (χ2n) is 7.55. The van der Waals surface area contributed by atoms with Crippen LogP contribution in [0.5, 0.6) is 0 Å². The molecule has 28 heavy (non-hydrogen) atoms. The summed E-state index contributed by atoms with van der Waals surface area (Å²) in [6.07, 6.45) is -2.74. The van der Waals surface area contributed by atoms with Crippen LogP contribution in [-0.4, -0.2) is 43.2 Å². The van der Waals surface area contributed by atoms with E-state index in [-0.39, 0.29) is 17.9 Å². The van der Waals surface area contributed by atoms with Crippen LogP contribution in [0.4, 0.5) is 19.7 Å². The van der Waals surface area contributed by atoms with Gasteiger partial charge in [0.25, 0.3) is 6.09 Å². The maximum Gasteiger partial charge on any atom is 0.442 e. The molecular weight excluding hydrogens is 395 g/mol. The van der Waals surface area contributed by atoms with Crippen molar-refractivity contribution in [2.24, 2.45) is 0 Å². The zero-order valence-electron chi connectivity index (χ0n) is 16.2. The maximum atomic E-state index is 14.8. The minimum atomic E-state index is -4.73. The number of quaternary nitrogens is 1. The molecule has 156 valence electrons. The van der Waals surface area contributed by atoms with Crippen molar-refractivity contribution in [1.29, 1.82) is 0 Å². The molecule has 1 heterocycles. The van der Waals surface area contributed by atoms with Gasteiger partial charge in [-0.3, -0.25) is 5.32 Å². The van der Waals surface area contributed by atoms with Gasteiger partial charge in [-0.1, -0.05) is 0 Å². The highest BCUT2D eigenvalue weighted by atomic mass is 32.2. The van der Waals surface area contributed by atoms with Crippen molar-refractivity contribution in [2.75, 3.05) is 18.5 Å². The van der Waals surface area contributed by atoms with Gasteiger partial charge in [-0.2, -0.15) is 0 Å². The first-order chi connectivity index (χ1) is 12.7. The van der Waals surface area contributed by atoms with Crippen molar-refractivity contribution in [3.05, 3.63) is 29.6 Å². The highest BCUT2D eigenvalue weighted by Gasteiger charge is 2.72. The first kappa shape index (κ1) is 22.1. The Hall–Kier alpha value is -2.24. The van der Waals surface area contributed by atoms with E-state index in [0.717, 1.165) is 12.1 Å². The summed E-state index contributed by atoms with van der Waals surface area (Å²) in [5.41, 5.74) is -3.53. The molecule has 0 spiro atoms. The summed E-state index contributed by atoms with van der Waals surface area (Å²) in [5, 5.41) is 14.6. The molecule has 1 N–H and O–H groups in total. The minimum absolute atomic E-state index is 0.103. The molecule has 1 fully saturated rings. The molecular formula is C17H23FN2O7S. The molecule has 1 aromatic rings. The van der Waals surface area contributed by atoms with E-state index in [4.69, 9.17) is 8.92 Å². The predicted octanol–water partition coefficient (Wildman–Crippen LogP) is 1.84. The van der Waals surface area contributed by atoms with Gasteiger partial charge in [-0.05, 0) is 52.8 Å². The largest absolute Gasteiger partial charge is 0.497 e. The van der Waals surface area contributed by atoms with E-state index in [0.29, 0.717) is 0 Å². The number of nitrogens with one attached hydrogen (secondary N) is 1. The number of nitrogens with zero attached hydrogens (tertiary/aromatic N) is 1. The lowest BCUT2D eigenvalue weighted by atomic mass is 9.86. The molecule has 1 aliphatic heterocycles. The highest BCUT2D eigenvalue weighted by Crippen LogP contribution is 2.51. The molecule has 2 atom stereocenters. The van der Waals surface area contributed by atoms with Crippen molar-refractivity contribution >= 4 is 28.2 Å². The maximum absolute atomic E-state index is 14.8. The number of rotatable bonds is 3. The normalized spacial score (nSPS) is 26.6. The minimum Gasteiger partial charge on any atom is -0.497 e. The molecule has 0 bridgehead atoms. The number of halogens is 1. The first-order valence-electron chi connectivity index (χ1n) is 8.48. The van der Waals surface area contributed by atoms with Crippen LogP contribution in [0.2, 0.25) is 0 Å². The number of amides is 2. The lowest BCUT2D eigenvalue weighted by molar-refractivity contribution is -0.856. The van der Waals surface area contributed by atoms with Crippen LogP contribution in [-0.2, 0) is 24.8 Å². The summed E-state index contributed by atoms with van der Waals surface area (Å²) < 4.78 is 48.2. The molecule has 2 unspecified atom stereocenters. The fraction of sp³-hybridized carbons (Fsp3) is 0.529. The second-order valence-corrected chi connectivity index (χ2v) is 9.19. The lowest BCUT2D eigenvalue weighted by Crippen LogP contribution is -2.74. The fourth-order valence-electron chi connectivity index (χ4n) is 3.80. The number of hydrogen-bond acceptors (Lipinski definition) is 7. The molecule has 1 aliphatic rings. The Balaban J connectivity index is 2.74. The summed E-state index contributed by atoms with van der Waals surface area (Å²) in [6, 6.07) is 3.41. The second kappa shape index (κ2) is 6.98. The monoisotopic (exact) mass is 418 g/mol. The molecule has 2 rings (SSSR count). The fourth-order valence-corrected chi connectivity index (χ4v) is 5.83. The van der Waals surface area contributed by atoms with Crippen LogP contribution in [0, 0.1) is 5.82 Å². The van der Waals surface area contributed by atoms with Crippen LogP contribution >= 0.6 is 0 Å². The molecule has 0 aromatic heterocycles. The number of hydrogen-bond donors (Lipinski definition) is 1. The third-order valence-corrected chi connectivity index (χ3v) is 6.98. The van der Waals surface area contributed by atoms with Gasteiger partial charge in [0, 0.05) is 5.69 Å². The third kappa shape index (κ3) is 3.03. The standard InChI is InChI=1S/C17H23FN2O7S/c1-6-26-14(21)19-11-7-8-13(18)12(9-11)17(5)10-27-28(24,25)20(17,15(22)23)16(2,3)4/h7-9H,6,10H2,1-5H3,(H-,19,21,22,23). The van der Waals surface area contributed by atoms with Crippen molar-refractivity contribution in [2.45, 2.75) is 45.7 Å². The van der Waals surface area contributed by atoms with E-state index in [2.05, 4.69) is 5.32 Å². The van der Waals surface area contributed by atoms with E-state index in [1.54, 1.807) is 6.92 Å². The number of ether oxygens (including phenoxy) is 1. The van der Waals surface area contributed by atoms with Crippen LogP contribution in [0.3, 0.4) is 0 Å². The zero-order chi connectivity index (χ0) is 21.5. The Labute approximate surface area is 162 Å². The van der Waals surface area contributed by atoms with E-state index in [1.165, 1.54) is 33.8 Å². The molecule has 2 amide bonds. The Morgan fingerprint density at radius 2 is 2.00 bits per heavy atom. The van der Waals surface area contributed by atoms with Crippen LogP contribution in [0.1, 0.15) is 40.2 Å². The molecule has 1 saturated heterocycles. The smallest absolute Gasteiger partial charge is 0.442 e. The van der Waals surface area contributed by atoms with Gasteiger partial charge in [-0.25, -0.2) is 13.4 Å². The highest BCUT2D eigenvalue weighted by molar-refractivity contribution is 7.81. The van der Waals surface area contributed by atoms with Crippen molar-refractivity contribution in [3.63, 3.8) is 0 Å². The van der Waals surface area contributed by atoms with Gasteiger partial charge < -0.3 is 14.6 Å². The molecule has 0 radical (unpaired) electrons. The van der Waals surface area contributed by atoms with E-state index in [1.807, 2.05) is 0 Å². The molecule has 0 aliphatic carbocycles. The lowest BCUT2D eigenvalue weighted by Gasteiger charge is -2.49. The van der Waals surface area contributed by atoms with Gasteiger partial charge in [-0.15, -0.1) is 12.3 Å². The Kier molecular flexibility index (Phi) is 5.50. The topological polar surface area (TPSA) is 122 Å². The summed E-state index contributed by atoms with van der Waals surface area (Å²) in [4.78, 5) is 23.9. The summed E-state index contributed by atoms with van der Waals surface area (Å²) >= 11 is 0. The van der Waals surface area contributed by atoms with Crippen molar-refractivity contribution in [3.8, 4) is 0 Å². The van der Waals surface area contributed by atoms with Crippen LogP contribution in [0.25, 0.3) is 0 Å². The number of carbonyl (C=O) groups excluding carboxylic acids is 2. The Morgan fingerprint density at radius 3 is 2.50 bits per heavy atom. The first-order valence-corrected chi connectivity index (χ1v) is 9.85. The molecule has 9 nitrogen and oxygen atoms in total. The van der Waals surface area contributed by atoms with E-state index >= 15 is 0 Å². The summed E-state index contributed by atoms with van der Waals surface area (Å²) in [6.45, 7) is 6.50. The van der Waals surface area contributed by atoms with Gasteiger partial charge >= 0.3 is 16.4 Å². The average molecular weight is 418 g/mol. The Morgan fingerprint density at radius 1 is 1.39 bits per heavy atom. The number of benzene rings is 1. The third-order valence-electron chi connectivity index (χ3n) is 4.79. The molecule has 11 heteroatoms. The number of anilines is 1. The number of carbonyl (C=O) groups is 2. The summed E-state index contributed by atoms with van der Waals surface area (Å²) in [5.74, 6) is -0.856. The van der Waals surface area contributed by atoms with Gasteiger partial charge in [0.05, 0.1) is 12.2 Å².